The van der Waals surface area contributed by atoms with E-state index in [4.69, 9.17) is 5.26 Å². The maximum Gasteiger partial charge on any atom is 0.102 e. The molecule has 0 aliphatic heterocycles. The highest BCUT2D eigenvalue weighted by Gasteiger charge is 2.30. The average Bonchev–Trinajstić information content (AvgIpc) is 2.32. The molecule has 0 radical (unpaired) electrons. The molecule has 0 heterocycles. The summed E-state index contributed by atoms with van der Waals surface area (Å²) in [5.74, 6) is 1.08. The Morgan fingerprint density at radius 1 is 1.25 bits per heavy atom. The Morgan fingerprint density at radius 3 is 2.25 bits per heavy atom. The fourth-order valence-electron chi connectivity index (χ4n) is 1.86. The van der Waals surface area contributed by atoms with Crippen LogP contribution < -0.4 is 0 Å². The Kier molecular flexibility index (Phi) is 3.94. The van der Waals surface area contributed by atoms with Gasteiger partial charge in [-0.3, -0.25) is 0 Å². The molecule has 12 heavy (non-hydrogen) atoms. The van der Waals surface area contributed by atoms with Crippen LogP contribution in [0.4, 0.5) is 0 Å². The summed E-state index contributed by atoms with van der Waals surface area (Å²) in [7, 11) is 0. The van der Waals surface area contributed by atoms with Gasteiger partial charge in [0.25, 0.3) is 0 Å². The van der Waals surface area contributed by atoms with Gasteiger partial charge in [0.2, 0.25) is 0 Å². The highest BCUT2D eigenvalue weighted by molar-refractivity contribution is 8.00. The molecule has 1 aliphatic rings. The first-order chi connectivity index (χ1) is 5.83. The van der Waals surface area contributed by atoms with Crippen LogP contribution in [0.5, 0.6) is 0 Å². The fourth-order valence-corrected chi connectivity index (χ4v) is 3.06. The number of hydrogen-bond acceptors (Lipinski definition) is 2. The summed E-state index contributed by atoms with van der Waals surface area (Å²) in [5.41, 5.74) is 0. The van der Waals surface area contributed by atoms with E-state index in [0.29, 0.717) is 0 Å². The molecule has 0 aromatic carbocycles. The molecule has 1 saturated carbocycles. The predicted octanol–water partition coefficient (Wildman–Crippen LogP) is 3.36. The van der Waals surface area contributed by atoms with Crippen molar-refractivity contribution in [1.29, 1.82) is 5.26 Å². The predicted molar refractivity (Wildman–Crippen MR) is 54.2 cm³/mol. The van der Waals surface area contributed by atoms with Crippen molar-refractivity contribution in [3.63, 3.8) is 0 Å². The number of rotatable bonds is 2. The topological polar surface area (TPSA) is 23.8 Å². The van der Waals surface area contributed by atoms with E-state index >= 15 is 0 Å². The number of thioether (sulfide) groups is 1. The van der Waals surface area contributed by atoms with E-state index < -0.39 is 0 Å². The van der Waals surface area contributed by atoms with Crippen LogP contribution in [-0.2, 0) is 0 Å². The average molecular weight is 183 g/mol. The van der Waals surface area contributed by atoms with E-state index in [9.17, 15) is 0 Å². The molecule has 0 saturated heterocycles. The van der Waals surface area contributed by atoms with Crippen LogP contribution >= 0.6 is 11.8 Å². The maximum atomic E-state index is 9.13. The SMILES string of the molecule is CCSC1(C#N)CCCCCC1. The quantitative estimate of drug-likeness (QED) is 0.613. The molecule has 68 valence electrons. The molecule has 0 aromatic rings. The molecule has 1 fully saturated rings. The normalized spacial score (nSPS) is 22.7. The Morgan fingerprint density at radius 2 is 1.83 bits per heavy atom. The van der Waals surface area contributed by atoms with Gasteiger partial charge in [-0.2, -0.15) is 5.26 Å². The summed E-state index contributed by atoms with van der Waals surface area (Å²) in [4.78, 5) is 0. The van der Waals surface area contributed by atoms with Crippen molar-refractivity contribution in [2.24, 2.45) is 0 Å². The molecule has 0 spiro atoms. The van der Waals surface area contributed by atoms with Crippen LogP contribution in [0.2, 0.25) is 0 Å². The van der Waals surface area contributed by atoms with Crippen LogP contribution in [0, 0.1) is 11.3 Å². The largest absolute Gasteiger partial charge is 0.197 e. The molecule has 1 nitrogen and oxygen atoms in total. The van der Waals surface area contributed by atoms with Crippen molar-refractivity contribution >= 4 is 11.8 Å². The number of hydrogen-bond donors (Lipinski definition) is 0. The van der Waals surface area contributed by atoms with Crippen LogP contribution in [0.15, 0.2) is 0 Å². The molecule has 0 amide bonds. The van der Waals surface area contributed by atoms with Crippen LogP contribution in [0.25, 0.3) is 0 Å². The zero-order valence-electron chi connectivity index (χ0n) is 7.81. The molecule has 2 heteroatoms. The standard InChI is InChI=1S/C10H17NS/c1-2-12-10(9-11)7-5-3-4-6-8-10/h2-8H2,1H3. The van der Waals surface area contributed by atoms with Gasteiger partial charge in [0, 0.05) is 0 Å². The van der Waals surface area contributed by atoms with E-state index in [1.54, 1.807) is 0 Å². The second kappa shape index (κ2) is 4.77. The Balaban J connectivity index is 2.56. The van der Waals surface area contributed by atoms with Gasteiger partial charge < -0.3 is 0 Å². The lowest BCUT2D eigenvalue weighted by Crippen LogP contribution is -2.21. The molecule has 0 N–H and O–H groups in total. The van der Waals surface area contributed by atoms with Crippen LogP contribution in [-0.4, -0.2) is 10.5 Å². The van der Waals surface area contributed by atoms with E-state index in [1.165, 1.54) is 25.7 Å². The molecule has 0 atom stereocenters. The second-order valence-electron chi connectivity index (χ2n) is 3.45. The lowest BCUT2D eigenvalue weighted by atomic mass is 10.0. The molecule has 0 bridgehead atoms. The zero-order valence-corrected chi connectivity index (χ0v) is 8.62. The summed E-state index contributed by atoms with van der Waals surface area (Å²) < 4.78 is -0.0226. The molecule has 0 aromatic heterocycles. The number of nitriles is 1. The lowest BCUT2D eigenvalue weighted by Gasteiger charge is -2.22. The lowest BCUT2D eigenvalue weighted by molar-refractivity contribution is 0.619. The Hall–Kier alpha value is -0.160. The van der Waals surface area contributed by atoms with E-state index in [0.717, 1.165) is 18.6 Å². The number of nitrogens with zero attached hydrogens (tertiary/aromatic N) is 1. The third-order valence-corrected chi connectivity index (χ3v) is 3.88. The summed E-state index contributed by atoms with van der Waals surface area (Å²) in [5, 5.41) is 9.13. The summed E-state index contributed by atoms with van der Waals surface area (Å²) >= 11 is 1.85. The van der Waals surface area contributed by atoms with Crippen LogP contribution in [0.1, 0.15) is 45.4 Å². The first-order valence-electron chi connectivity index (χ1n) is 4.88. The summed E-state index contributed by atoms with van der Waals surface area (Å²) in [6, 6.07) is 2.52. The fraction of sp³-hybridized carbons (Fsp3) is 0.900. The van der Waals surface area contributed by atoms with Gasteiger partial charge in [-0.15, -0.1) is 11.8 Å². The summed E-state index contributed by atoms with van der Waals surface area (Å²) in [6.45, 7) is 2.15. The highest BCUT2D eigenvalue weighted by Crippen LogP contribution is 2.37. The third-order valence-electron chi connectivity index (χ3n) is 2.54. The van der Waals surface area contributed by atoms with Crippen molar-refractivity contribution in [3.05, 3.63) is 0 Å². The van der Waals surface area contributed by atoms with Gasteiger partial charge in [-0.25, -0.2) is 0 Å². The monoisotopic (exact) mass is 183 g/mol. The minimum absolute atomic E-state index is 0.0226. The van der Waals surface area contributed by atoms with E-state index in [2.05, 4.69) is 13.0 Å². The van der Waals surface area contributed by atoms with Gasteiger partial charge in [-0.05, 0) is 18.6 Å². The Bertz CT molecular complexity index is 163. The van der Waals surface area contributed by atoms with Gasteiger partial charge in [0.1, 0.15) is 4.75 Å². The molecular weight excluding hydrogens is 166 g/mol. The van der Waals surface area contributed by atoms with Gasteiger partial charge >= 0.3 is 0 Å². The van der Waals surface area contributed by atoms with Crippen molar-refractivity contribution in [2.45, 2.75) is 50.2 Å². The van der Waals surface area contributed by atoms with E-state index in [-0.39, 0.29) is 4.75 Å². The zero-order chi connectivity index (χ0) is 8.86. The van der Waals surface area contributed by atoms with Crippen molar-refractivity contribution in [3.8, 4) is 6.07 Å². The van der Waals surface area contributed by atoms with E-state index in [1.807, 2.05) is 11.8 Å². The smallest absolute Gasteiger partial charge is 0.102 e. The van der Waals surface area contributed by atoms with Gasteiger partial charge in [-0.1, -0.05) is 32.6 Å². The molecule has 1 rings (SSSR count). The van der Waals surface area contributed by atoms with Crippen molar-refractivity contribution in [2.75, 3.05) is 5.75 Å². The third kappa shape index (κ3) is 2.42. The molecule has 0 unspecified atom stereocenters. The first kappa shape index (κ1) is 9.92. The molecular formula is C10H17NS. The first-order valence-corrected chi connectivity index (χ1v) is 5.87. The Labute approximate surface area is 79.5 Å². The minimum Gasteiger partial charge on any atom is -0.197 e. The minimum atomic E-state index is -0.0226. The van der Waals surface area contributed by atoms with Gasteiger partial charge in [0.05, 0.1) is 6.07 Å². The maximum absolute atomic E-state index is 9.13. The van der Waals surface area contributed by atoms with Crippen molar-refractivity contribution in [1.82, 2.24) is 0 Å². The molecule has 1 aliphatic carbocycles. The van der Waals surface area contributed by atoms with Crippen molar-refractivity contribution < 1.29 is 0 Å². The highest BCUT2D eigenvalue weighted by atomic mass is 32.2. The second-order valence-corrected chi connectivity index (χ2v) is 5.10. The van der Waals surface area contributed by atoms with Crippen LogP contribution in [0.3, 0.4) is 0 Å². The van der Waals surface area contributed by atoms with Gasteiger partial charge in [0.15, 0.2) is 0 Å². The summed E-state index contributed by atoms with van der Waals surface area (Å²) in [6.07, 6.45) is 7.38.